The Morgan fingerprint density at radius 1 is 0.407 bits per heavy atom. The van der Waals surface area contributed by atoms with Crippen LogP contribution in [-0.2, 0) is 102 Å². The first-order valence-corrected chi connectivity index (χ1v) is 59.3. The summed E-state index contributed by atoms with van der Waals surface area (Å²) in [5.41, 5.74) is 1.29. The second-order valence-electron chi connectivity index (χ2n) is 40.4. The molecule has 140 heavy (non-hydrogen) atoms. The van der Waals surface area contributed by atoms with Crippen molar-refractivity contribution >= 4 is 184 Å². The molecule has 0 fully saturated rings. The highest BCUT2D eigenvalue weighted by atomic mass is 32.2. The molecule has 0 spiro atoms. The number of nitrogens with one attached hydrogen (secondary N) is 8. The second kappa shape index (κ2) is 42.0. The van der Waals surface area contributed by atoms with Gasteiger partial charge in [0, 0.05) is 54.5 Å². The zero-order chi connectivity index (χ0) is 105. The molecule has 8 unspecified atom stereocenters. The molecule has 770 valence electrons. The molecule has 8 aliphatic heterocycles. The fourth-order valence-electron chi connectivity index (χ4n) is 17.0. The van der Waals surface area contributed by atoms with Crippen LogP contribution in [0.15, 0.2) is 160 Å². The molecule has 49 heteroatoms. The number of aliphatic hydroxyl groups excluding tert-OH is 4. The highest BCUT2D eigenvalue weighted by Crippen LogP contribution is 2.58. The van der Waals surface area contributed by atoms with Gasteiger partial charge >= 0.3 is 30.1 Å². The van der Waals surface area contributed by atoms with E-state index in [0.29, 0.717) is 48.3 Å². The second-order valence-corrected chi connectivity index (χ2v) is 55.3. The lowest BCUT2D eigenvalue weighted by atomic mass is 9.85. The quantitative estimate of drug-likeness (QED) is 0.0190. The highest BCUT2D eigenvalue weighted by molar-refractivity contribution is 7.92. The van der Waals surface area contributed by atoms with Crippen LogP contribution >= 0.6 is 30.1 Å². The molecule has 5 aromatic rings. The van der Waals surface area contributed by atoms with E-state index in [1.807, 2.05) is 90.0 Å². The van der Waals surface area contributed by atoms with E-state index in [1.165, 1.54) is 90.2 Å². The van der Waals surface area contributed by atoms with Crippen molar-refractivity contribution in [3.8, 4) is 0 Å². The van der Waals surface area contributed by atoms with E-state index in [2.05, 4.69) is 93.8 Å². The van der Waals surface area contributed by atoms with Crippen LogP contribution in [-0.4, -0.2) is 216 Å². The van der Waals surface area contributed by atoms with Gasteiger partial charge in [-0.25, -0.2) is 33.7 Å². The molecule has 0 aliphatic carbocycles. The average molecular weight is 2100 g/mol. The summed E-state index contributed by atoms with van der Waals surface area (Å²) in [6.07, 6.45) is 8.57. The Labute approximate surface area is 820 Å². The van der Waals surface area contributed by atoms with Crippen LogP contribution < -0.4 is 61.4 Å². The molecule has 8 atom stereocenters. The number of aliphatic hydroxyl groups is 4. The number of hydrogen-bond acceptors (Lipinski definition) is 29. The molecule has 0 bridgehead atoms. The van der Waals surface area contributed by atoms with E-state index in [-0.39, 0.29) is 163 Å². The van der Waals surface area contributed by atoms with E-state index in [1.54, 1.807) is 48.5 Å². The average Bonchev–Trinajstić information content (AvgIpc) is 1.57. The van der Waals surface area contributed by atoms with Crippen LogP contribution in [0.4, 0.5) is 45.5 Å². The number of benzene rings is 4. The first-order chi connectivity index (χ1) is 64.4. The Bertz CT molecular complexity index is 6670. The van der Waals surface area contributed by atoms with E-state index < -0.39 is 134 Å². The van der Waals surface area contributed by atoms with Crippen LogP contribution in [0.3, 0.4) is 0 Å². The van der Waals surface area contributed by atoms with Crippen molar-refractivity contribution in [1.82, 2.24) is 19.6 Å². The number of amidine groups is 4. The first kappa shape index (κ1) is 112. The monoisotopic (exact) mass is 2100 g/mol. The van der Waals surface area contributed by atoms with Gasteiger partial charge in [0.2, 0.25) is 40.1 Å². The number of carbonyl (C=O) groups is 4. The van der Waals surface area contributed by atoms with Crippen molar-refractivity contribution in [3.63, 3.8) is 0 Å². The van der Waals surface area contributed by atoms with E-state index in [4.69, 9.17) is 22.5 Å². The standard InChI is InChI=1S/C23H29N4O7PS.2C23H35N4O6PS.C22H33N4O6PS/c1-6-34-35(30)17-11-15(26-36(5,31)32)7-8-16(17)24-21(25-35)18-19(28)20(23(2,3)4)27(22(18)29)12-14-9-10-33-13-14;1-8-33-34(30)17-13-15(26-35(7,31)32)9-10-16(17)24-21(25-34)18-20(28)19(14(2)3)27(22(18)29)12-11-23(4,5)6;1-8-33-34(30)17-13-15(26-35(7,31)32)9-10-16(17)24-21(25-34)18-19(28)20(23(4,5)6)27(22(18)29)12-11-14(2)3;1-8-32-33(29)16-11-14(25-34(7,30)31)9-10-15(16)23-20(24-33)17-18(27)19(22(4,5)6)26(21(17)28)12-13(2)3/h7-11,13,20,26,28H,6,12H2,1-5H3,(H,24,25,30);9-10,13-14,19,26,28H,8,11-12H2,1-7H3,(H,24,25,30);9-10,13-14,20,26,28H,8,11-12H2,1-7H3,(H,24,25,30);9-11,13,19,25,27H,8,12H2,1-7H3,(H,23,24,29). The predicted octanol–water partition coefficient (Wildman–Crippen LogP) is 14.8. The Kier molecular flexibility index (Phi) is 33.6. The zero-order valence-electron chi connectivity index (χ0n) is 83.6. The maximum absolute atomic E-state index is 13.9. The number of hydrogen-bond donors (Lipinski definition) is 12. The Morgan fingerprint density at radius 3 is 0.957 bits per heavy atom. The molecule has 13 rings (SSSR count). The van der Waals surface area contributed by atoms with Crippen molar-refractivity contribution in [2.75, 3.05) is 111 Å². The Balaban J connectivity index is 0.000000192. The number of carbonyl (C=O) groups excluding carboxylic acids is 4. The molecule has 4 amide bonds. The van der Waals surface area contributed by atoms with Crippen LogP contribution in [0.1, 0.15) is 171 Å². The van der Waals surface area contributed by atoms with Gasteiger partial charge in [-0.3, -0.25) is 56.3 Å². The van der Waals surface area contributed by atoms with E-state index >= 15 is 0 Å². The van der Waals surface area contributed by atoms with Gasteiger partial charge in [-0.1, -0.05) is 125 Å². The summed E-state index contributed by atoms with van der Waals surface area (Å²) < 4.78 is 203. The molecule has 8 aliphatic rings. The van der Waals surface area contributed by atoms with Gasteiger partial charge in [0.1, 0.15) is 45.3 Å². The molecule has 9 heterocycles. The number of nitrogens with zero attached hydrogens (tertiary/aromatic N) is 8. The van der Waals surface area contributed by atoms with Gasteiger partial charge in [0.25, 0.3) is 23.6 Å². The summed E-state index contributed by atoms with van der Waals surface area (Å²) in [5, 5.41) is 57.6. The minimum atomic E-state index is -3.93. The molecule has 0 radical (unpaired) electrons. The minimum absolute atomic E-state index is 0.0118. The van der Waals surface area contributed by atoms with Crippen LogP contribution in [0.5, 0.6) is 0 Å². The maximum Gasteiger partial charge on any atom is 0.348 e. The summed E-state index contributed by atoms with van der Waals surface area (Å²) in [4.78, 5) is 60.6. The molecule has 1 aromatic heterocycles. The van der Waals surface area contributed by atoms with Crippen LogP contribution in [0.2, 0.25) is 0 Å². The lowest BCUT2D eigenvalue weighted by molar-refractivity contribution is -0.129. The number of rotatable bonds is 30. The Hall–Kier alpha value is -10.2. The fourth-order valence-corrected chi connectivity index (χ4v) is 26.4. The third-order valence-corrected chi connectivity index (χ3v) is 33.0. The SMILES string of the molecule is CCOP1(=O)N=C(C2=C(O)C(C(C)(C)C)N(CC(C)C)C2=O)Nc2ccc(NS(C)(=O)=O)cc21.CCOP1(=O)N=C(C2=C(O)C(C(C)(C)C)N(CCC(C)C)C2=O)Nc2ccc(NS(C)(=O)=O)cc21.CCOP1(=O)N=C(C2=C(O)C(C(C)(C)C)N(Cc3ccoc3)C2=O)Nc2ccc(NS(C)(=O)=O)cc21.CCOP1(=O)N=C(C2=C(O)C(C(C)C)N(CCC(C)(C)C)C2=O)Nc2ccc(NS(C)(=O)=O)cc21. The van der Waals surface area contributed by atoms with Crippen molar-refractivity contribution in [2.24, 2.45) is 58.5 Å². The van der Waals surface area contributed by atoms with E-state index in [9.17, 15) is 91.5 Å². The van der Waals surface area contributed by atoms with Gasteiger partial charge in [-0.2, -0.15) is 19.1 Å². The van der Waals surface area contributed by atoms with Crippen LogP contribution in [0, 0.1) is 39.4 Å². The van der Waals surface area contributed by atoms with Crippen molar-refractivity contribution < 1.29 is 114 Å². The molecule has 41 nitrogen and oxygen atoms in total. The summed E-state index contributed by atoms with van der Waals surface area (Å²) in [6.45, 7) is 44.0. The molecule has 0 saturated carbocycles. The van der Waals surface area contributed by atoms with Crippen LogP contribution in [0.25, 0.3) is 0 Å². The fraction of sp³-hybridized carbons (Fsp3) is 0.516. The van der Waals surface area contributed by atoms with Crippen molar-refractivity contribution in [3.05, 3.63) is 142 Å². The molecule has 12 N–H and O–H groups in total. The summed E-state index contributed by atoms with van der Waals surface area (Å²) >= 11 is 0. The summed E-state index contributed by atoms with van der Waals surface area (Å²) in [5.74, 6) is -1.93. The van der Waals surface area contributed by atoms with E-state index in [0.717, 1.165) is 43.4 Å². The molecule has 0 saturated heterocycles. The normalized spacial score (nSPS) is 22.8. The van der Waals surface area contributed by atoms with Gasteiger partial charge in [-0.05, 0) is 159 Å². The third kappa shape index (κ3) is 25.9. The topological polar surface area (TPSA) is 563 Å². The largest absolute Gasteiger partial charge is 0.509 e. The maximum atomic E-state index is 13.9. The number of fused-ring (bicyclic) bond motifs is 4. The van der Waals surface area contributed by atoms with Gasteiger partial charge < -0.3 is 83.8 Å². The van der Waals surface area contributed by atoms with Gasteiger partial charge in [0.05, 0.1) is 132 Å². The lowest BCUT2D eigenvalue weighted by Crippen LogP contribution is -2.45. The molecule has 4 aromatic carbocycles. The number of furan rings is 1. The number of sulfonamides is 4. The zero-order valence-corrected chi connectivity index (χ0v) is 90.5. The van der Waals surface area contributed by atoms with Crippen molar-refractivity contribution in [2.45, 2.75) is 196 Å². The summed E-state index contributed by atoms with van der Waals surface area (Å²) in [6, 6.07) is 17.1. The minimum Gasteiger partial charge on any atom is -0.509 e. The third-order valence-electron chi connectivity index (χ3n) is 22.4. The first-order valence-electron chi connectivity index (χ1n) is 45.4. The van der Waals surface area contributed by atoms with Gasteiger partial charge in [0.15, 0.2) is 23.3 Å². The summed E-state index contributed by atoms with van der Waals surface area (Å²) in [7, 11) is -29.8. The van der Waals surface area contributed by atoms with Gasteiger partial charge in [-0.15, -0.1) is 0 Å². The predicted molar refractivity (Wildman–Crippen MR) is 549 cm³/mol. The number of amides is 4. The smallest absolute Gasteiger partial charge is 0.348 e. The highest BCUT2D eigenvalue weighted by Gasteiger charge is 2.54. The molecular formula is C91H132N16O25P4S4. The lowest BCUT2D eigenvalue weighted by Gasteiger charge is -2.36. The molecular weight excluding hydrogens is 1970 g/mol. The number of anilines is 8. The Morgan fingerprint density at radius 2 is 0.693 bits per heavy atom. The van der Waals surface area contributed by atoms with Crippen molar-refractivity contribution in [1.29, 1.82) is 0 Å².